The molecule has 0 aromatic rings. The van der Waals surface area contributed by atoms with Crippen LogP contribution in [0.1, 0.15) is 0 Å². The molecule has 0 saturated heterocycles. The second kappa shape index (κ2) is 3.51. The van der Waals surface area contributed by atoms with Crippen LogP contribution in [-0.2, 0) is 11.1 Å². The Balaban J connectivity index is 3.80. The molecule has 0 aromatic heterocycles. The normalized spacial score (nSPS) is 18.5. The minimum absolute atomic E-state index is 0.671. The monoisotopic (exact) mass is 196 g/mol. The molecule has 0 aliphatic carbocycles. The lowest BCUT2D eigenvalue weighted by molar-refractivity contribution is -0.155. The maximum atomic E-state index is 11.2. The van der Waals surface area contributed by atoms with E-state index in [0.29, 0.717) is 5.32 Å². The van der Waals surface area contributed by atoms with Crippen molar-refractivity contribution in [3.8, 4) is 0 Å². The molecule has 10 heavy (non-hydrogen) atoms. The molecule has 0 fully saturated rings. The summed E-state index contributed by atoms with van der Waals surface area (Å²) in [6, 6.07) is 0. The van der Waals surface area contributed by atoms with Crippen molar-refractivity contribution in [2.45, 2.75) is 11.1 Å². The molecule has 0 aliphatic rings. The lowest BCUT2D eigenvalue weighted by Gasteiger charge is -2.15. The highest BCUT2D eigenvalue weighted by Gasteiger charge is 2.30. The first-order valence-electron chi connectivity index (χ1n) is 1.89. The molecule has 0 amide bonds. The summed E-state index contributed by atoms with van der Waals surface area (Å²) in [6.07, 6.45) is -4.77. The minimum Gasteiger partial charge on any atom is -0.770 e. The van der Waals surface area contributed by atoms with Gasteiger partial charge in [0, 0.05) is 0 Å². The van der Waals surface area contributed by atoms with Crippen molar-refractivity contribution in [2.24, 2.45) is 0 Å². The molecule has 2 unspecified atom stereocenters. The molecular weight excluding hydrogens is 195 g/mol. The third kappa shape index (κ3) is 4.98. The Labute approximate surface area is 61.8 Å². The van der Waals surface area contributed by atoms with Crippen LogP contribution in [0.4, 0.5) is 13.2 Å². The van der Waals surface area contributed by atoms with Crippen LogP contribution in [0.5, 0.6) is 0 Å². The quantitative estimate of drug-likeness (QED) is 0.398. The standard InChI is InChI=1S/C2H3ClF3NO2S/c3-1(10(8)9)7-2(4,5)6/h1,7H,(H,8,9)/p-1. The Hall–Kier alpha value is 0.150. The molecule has 0 heterocycles. The molecule has 0 radical (unpaired) electrons. The van der Waals surface area contributed by atoms with Gasteiger partial charge in [0.1, 0.15) is 0 Å². The van der Waals surface area contributed by atoms with Gasteiger partial charge in [-0.05, 0) is 11.1 Å². The van der Waals surface area contributed by atoms with E-state index in [4.69, 9.17) is 0 Å². The van der Waals surface area contributed by atoms with Crippen molar-refractivity contribution in [1.82, 2.24) is 5.32 Å². The summed E-state index contributed by atoms with van der Waals surface area (Å²) in [5.74, 6) is 0. The first-order valence-corrected chi connectivity index (χ1v) is 3.47. The van der Waals surface area contributed by atoms with E-state index in [1.807, 2.05) is 0 Å². The van der Waals surface area contributed by atoms with Gasteiger partial charge in [-0.15, -0.1) is 0 Å². The van der Waals surface area contributed by atoms with Crippen molar-refractivity contribution in [3.63, 3.8) is 0 Å². The summed E-state index contributed by atoms with van der Waals surface area (Å²) in [7, 11) is 0. The van der Waals surface area contributed by atoms with Crippen molar-refractivity contribution in [2.75, 3.05) is 0 Å². The molecular formula is C2H2ClF3NO2S-. The molecule has 0 aliphatic heterocycles. The fourth-order valence-corrected chi connectivity index (χ4v) is 0.530. The number of hydrogen-bond acceptors (Lipinski definition) is 3. The molecule has 0 spiro atoms. The van der Waals surface area contributed by atoms with Crippen LogP contribution in [0.15, 0.2) is 0 Å². The fourth-order valence-electron chi connectivity index (χ4n) is 0.177. The highest BCUT2D eigenvalue weighted by molar-refractivity contribution is 7.81. The molecule has 3 nitrogen and oxygen atoms in total. The van der Waals surface area contributed by atoms with E-state index in [0.717, 1.165) is 0 Å². The van der Waals surface area contributed by atoms with Gasteiger partial charge in [-0.1, -0.05) is 11.6 Å². The van der Waals surface area contributed by atoms with Crippen LogP contribution >= 0.6 is 11.6 Å². The highest BCUT2D eigenvalue weighted by atomic mass is 35.5. The number of rotatable bonds is 2. The minimum atomic E-state index is -4.77. The SMILES string of the molecule is O=S([O-])C(Cl)NC(F)(F)F. The van der Waals surface area contributed by atoms with Gasteiger partial charge in [-0.3, -0.25) is 4.21 Å². The summed E-state index contributed by atoms with van der Waals surface area (Å²) in [4.78, 5) is -2.12. The molecule has 0 saturated carbocycles. The Kier molecular flexibility index (Phi) is 3.57. The first-order chi connectivity index (χ1) is 4.33. The van der Waals surface area contributed by atoms with Crippen molar-refractivity contribution in [3.05, 3.63) is 0 Å². The highest BCUT2D eigenvalue weighted by Crippen LogP contribution is 2.12. The lowest BCUT2D eigenvalue weighted by atomic mass is 11.1. The molecule has 0 aromatic carbocycles. The third-order valence-electron chi connectivity index (χ3n) is 0.446. The zero-order valence-corrected chi connectivity index (χ0v) is 5.89. The maximum Gasteiger partial charge on any atom is 0.459 e. The van der Waals surface area contributed by atoms with E-state index < -0.39 is 22.2 Å². The van der Waals surface area contributed by atoms with E-state index >= 15 is 0 Å². The van der Waals surface area contributed by atoms with Gasteiger partial charge in [-0.2, -0.15) is 13.2 Å². The lowest BCUT2D eigenvalue weighted by Crippen LogP contribution is -2.39. The second-order valence-electron chi connectivity index (χ2n) is 1.22. The van der Waals surface area contributed by atoms with Crippen LogP contribution in [0, 0.1) is 0 Å². The summed E-state index contributed by atoms with van der Waals surface area (Å²) < 4.78 is 53.0. The average molecular weight is 197 g/mol. The average Bonchev–Trinajstić information content (AvgIpc) is 1.60. The summed E-state index contributed by atoms with van der Waals surface area (Å²) in [6.45, 7) is 0. The Morgan fingerprint density at radius 1 is 1.60 bits per heavy atom. The molecule has 62 valence electrons. The van der Waals surface area contributed by atoms with Gasteiger partial charge < -0.3 is 4.55 Å². The number of halogens is 4. The van der Waals surface area contributed by atoms with Crippen LogP contribution in [-0.4, -0.2) is 19.9 Å². The largest absolute Gasteiger partial charge is 0.770 e. The van der Waals surface area contributed by atoms with E-state index in [-0.39, 0.29) is 0 Å². The first kappa shape index (κ1) is 10.2. The number of nitrogens with one attached hydrogen (secondary N) is 1. The molecule has 0 rings (SSSR count). The van der Waals surface area contributed by atoms with Gasteiger partial charge >= 0.3 is 6.30 Å². The van der Waals surface area contributed by atoms with Crippen LogP contribution in [0.3, 0.4) is 0 Å². The smallest absolute Gasteiger partial charge is 0.459 e. The topological polar surface area (TPSA) is 52.2 Å². The van der Waals surface area contributed by atoms with Gasteiger partial charge in [0.15, 0.2) is 4.83 Å². The zero-order valence-electron chi connectivity index (χ0n) is 4.31. The van der Waals surface area contributed by atoms with Crippen LogP contribution in [0.25, 0.3) is 0 Å². The summed E-state index contributed by atoms with van der Waals surface area (Å²) in [5.41, 5.74) is 0. The maximum absolute atomic E-state index is 11.2. The van der Waals surface area contributed by atoms with E-state index in [1.165, 1.54) is 0 Å². The molecule has 2 atom stereocenters. The summed E-state index contributed by atoms with van der Waals surface area (Å²) in [5, 5.41) is 0.671. The number of hydrogen-bond donors (Lipinski definition) is 1. The van der Waals surface area contributed by atoms with E-state index in [1.54, 1.807) is 0 Å². The second-order valence-corrected chi connectivity index (χ2v) is 2.91. The Morgan fingerprint density at radius 3 is 2.10 bits per heavy atom. The fraction of sp³-hybridized carbons (Fsp3) is 1.00. The zero-order chi connectivity index (χ0) is 8.36. The predicted molar refractivity (Wildman–Crippen MR) is 27.8 cm³/mol. The van der Waals surface area contributed by atoms with Gasteiger partial charge in [0.05, 0.1) is 0 Å². The molecule has 8 heteroatoms. The van der Waals surface area contributed by atoms with Crippen LogP contribution in [0.2, 0.25) is 0 Å². The van der Waals surface area contributed by atoms with Gasteiger partial charge in [0.25, 0.3) is 0 Å². The Bertz CT molecular complexity index is 139. The van der Waals surface area contributed by atoms with Gasteiger partial charge in [-0.25, -0.2) is 5.32 Å². The van der Waals surface area contributed by atoms with Crippen molar-refractivity contribution in [1.29, 1.82) is 0 Å². The number of alkyl halides is 4. The van der Waals surface area contributed by atoms with Crippen molar-refractivity contribution >= 4 is 22.7 Å². The predicted octanol–water partition coefficient (Wildman–Crippen LogP) is 0.497. The van der Waals surface area contributed by atoms with Crippen molar-refractivity contribution < 1.29 is 21.9 Å². The van der Waals surface area contributed by atoms with E-state index in [9.17, 15) is 21.9 Å². The van der Waals surface area contributed by atoms with E-state index in [2.05, 4.69) is 11.6 Å². The van der Waals surface area contributed by atoms with Crippen LogP contribution < -0.4 is 5.32 Å². The molecule has 1 N–H and O–H groups in total. The molecule has 0 bridgehead atoms. The van der Waals surface area contributed by atoms with Gasteiger partial charge in [0.2, 0.25) is 0 Å². The third-order valence-corrected chi connectivity index (χ3v) is 1.45. The summed E-state index contributed by atoms with van der Waals surface area (Å²) >= 11 is 1.68. The Morgan fingerprint density at radius 2 is 2.00 bits per heavy atom.